The molecule has 1 unspecified atom stereocenters. The van der Waals surface area contributed by atoms with Gasteiger partial charge >= 0.3 is 0 Å². The van der Waals surface area contributed by atoms with Gasteiger partial charge in [-0.05, 0) is 29.7 Å². The maximum Gasteiger partial charge on any atom is 0.140 e. The molecule has 1 saturated heterocycles. The van der Waals surface area contributed by atoms with Crippen molar-refractivity contribution < 1.29 is 14.3 Å². The minimum atomic E-state index is -0.0504. The summed E-state index contributed by atoms with van der Waals surface area (Å²) in [6, 6.07) is 3.86. The monoisotopic (exact) mass is 266 g/mol. The molecular formula is C14H15ClO3. The van der Waals surface area contributed by atoms with Gasteiger partial charge in [0, 0.05) is 23.8 Å². The highest BCUT2D eigenvalue weighted by molar-refractivity contribution is 6.30. The van der Waals surface area contributed by atoms with Crippen LogP contribution in [0.3, 0.4) is 0 Å². The Morgan fingerprint density at radius 2 is 2.17 bits per heavy atom. The summed E-state index contributed by atoms with van der Waals surface area (Å²) in [7, 11) is 0. The van der Waals surface area contributed by atoms with Crippen LogP contribution in [0.25, 0.3) is 0 Å². The third-order valence-corrected chi connectivity index (χ3v) is 3.78. The minimum absolute atomic E-state index is 0.0504. The lowest BCUT2D eigenvalue weighted by atomic mass is 9.91. The topological polar surface area (TPSA) is 35.5 Å². The highest BCUT2D eigenvalue weighted by atomic mass is 35.5. The Morgan fingerprint density at radius 3 is 3.00 bits per heavy atom. The first-order valence-corrected chi connectivity index (χ1v) is 6.66. The number of fused-ring (bicyclic) bond motifs is 1. The van der Waals surface area contributed by atoms with Crippen molar-refractivity contribution in [3.63, 3.8) is 0 Å². The van der Waals surface area contributed by atoms with Crippen molar-refractivity contribution in [3.05, 3.63) is 28.3 Å². The number of hydrogen-bond donors (Lipinski definition) is 0. The summed E-state index contributed by atoms with van der Waals surface area (Å²) in [5.74, 6) is 1.16. The third-order valence-electron chi connectivity index (χ3n) is 3.56. The van der Waals surface area contributed by atoms with Gasteiger partial charge in [-0.25, -0.2) is 0 Å². The number of benzene rings is 1. The molecule has 0 aliphatic carbocycles. The molecule has 1 aromatic rings. The van der Waals surface area contributed by atoms with Crippen LogP contribution in [0.15, 0.2) is 12.1 Å². The van der Waals surface area contributed by atoms with Crippen molar-refractivity contribution in [2.24, 2.45) is 5.92 Å². The molecule has 0 radical (unpaired) electrons. The molecule has 2 heterocycles. The Hall–Kier alpha value is -1.06. The number of hydrogen-bond acceptors (Lipinski definition) is 3. The van der Waals surface area contributed by atoms with E-state index >= 15 is 0 Å². The number of Topliss-reactive ketones (excluding diaryl/α,β-unsaturated/α-hetero) is 1. The molecule has 96 valence electrons. The molecule has 0 saturated carbocycles. The average Bonchev–Trinajstić information content (AvgIpc) is 2.80. The van der Waals surface area contributed by atoms with E-state index in [9.17, 15) is 4.79 Å². The van der Waals surface area contributed by atoms with E-state index in [0.29, 0.717) is 32.7 Å². The maximum absolute atomic E-state index is 11.8. The summed E-state index contributed by atoms with van der Waals surface area (Å²) in [5.41, 5.74) is 2.19. The molecule has 2 aliphatic heterocycles. The molecule has 1 fully saturated rings. The standard InChI is InChI=1S/C14H15ClO3/c15-12-6-9-1-4-18-14(9)10(7-12)5-11-8-17-3-2-13(11)16/h6-7,11H,1-5,8H2. The molecule has 0 aromatic heterocycles. The zero-order chi connectivity index (χ0) is 12.5. The summed E-state index contributed by atoms with van der Waals surface area (Å²) in [6.07, 6.45) is 2.09. The fourth-order valence-corrected chi connectivity index (χ4v) is 2.89. The Bertz CT molecular complexity index is 484. The Morgan fingerprint density at radius 1 is 1.28 bits per heavy atom. The number of halogens is 1. The van der Waals surface area contributed by atoms with Crippen LogP contribution in [0.5, 0.6) is 5.75 Å². The average molecular weight is 267 g/mol. The van der Waals surface area contributed by atoms with Crippen molar-refractivity contribution >= 4 is 17.4 Å². The highest BCUT2D eigenvalue weighted by Crippen LogP contribution is 2.34. The van der Waals surface area contributed by atoms with Gasteiger partial charge in [-0.15, -0.1) is 0 Å². The molecule has 0 N–H and O–H groups in total. The van der Waals surface area contributed by atoms with E-state index in [0.717, 1.165) is 28.3 Å². The van der Waals surface area contributed by atoms with Crippen molar-refractivity contribution in [3.8, 4) is 5.75 Å². The molecule has 4 heteroatoms. The van der Waals surface area contributed by atoms with Crippen LogP contribution in [-0.4, -0.2) is 25.6 Å². The number of carbonyl (C=O) groups is 1. The molecule has 2 aliphatic rings. The van der Waals surface area contributed by atoms with Crippen LogP contribution in [0.1, 0.15) is 17.5 Å². The predicted octanol–water partition coefficient (Wildman–Crippen LogP) is 2.42. The molecule has 18 heavy (non-hydrogen) atoms. The van der Waals surface area contributed by atoms with E-state index < -0.39 is 0 Å². The van der Waals surface area contributed by atoms with Gasteiger partial charge in [0.25, 0.3) is 0 Å². The lowest BCUT2D eigenvalue weighted by molar-refractivity contribution is -0.130. The van der Waals surface area contributed by atoms with Crippen molar-refractivity contribution in [1.29, 1.82) is 0 Å². The summed E-state index contributed by atoms with van der Waals surface area (Å²) >= 11 is 6.11. The first-order valence-electron chi connectivity index (χ1n) is 6.28. The van der Waals surface area contributed by atoms with Gasteiger partial charge in [-0.3, -0.25) is 4.79 Å². The summed E-state index contributed by atoms with van der Waals surface area (Å²) in [6.45, 7) is 1.78. The third kappa shape index (κ3) is 2.25. The summed E-state index contributed by atoms with van der Waals surface area (Å²) in [4.78, 5) is 11.8. The van der Waals surface area contributed by atoms with E-state index in [1.165, 1.54) is 0 Å². The normalized spacial score (nSPS) is 22.7. The predicted molar refractivity (Wildman–Crippen MR) is 68.3 cm³/mol. The second-order valence-electron chi connectivity index (χ2n) is 4.84. The number of ketones is 1. The number of ether oxygens (including phenoxy) is 2. The molecule has 0 amide bonds. The van der Waals surface area contributed by atoms with E-state index in [1.54, 1.807) is 0 Å². The fraction of sp³-hybridized carbons (Fsp3) is 0.500. The van der Waals surface area contributed by atoms with Gasteiger partial charge in [0.1, 0.15) is 11.5 Å². The van der Waals surface area contributed by atoms with Gasteiger partial charge in [0.15, 0.2) is 0 Å². The number of carbonyl (C=O) groups excluding carboxylic acids is 1. The van der Waals surface area contributed by atoms with Crippen LogP contribution in [0.2, 0.25) is 5.02 Å². The minimum Gasteiger partial charge on any atom is -0.493 e. The maximum atomic E-state index is 11.8. The lowest BCUT2D eigenvalue weighted by Gasteiger charge is -2.21. The Balaban J connectivity index is 1.86. The van der Waals surface area contributed by atoms with Gasteiger partial charge in [-0.2, -0.15) is 0 Å². The van der Waals surface area contributed by atoms with Gasteiger partial charge in [0.2, 0.25) is 0 Å². The van der Waals surface area contributed by atoms with Crippen molar-refractivity contribution in [2.45, 2.75) is 19.3 Å². The first-order chi connectivity index (χ1) is 8.74. The number of rotatable bonds is 2. The van der Waals surface area contributed by atoms with E-state index in [4.69, 9.17) is 21.1 Å². The quantitative estimate of drug-likeness (QED) is 0.825. The second-order valence-corrected chi connectivity index (χ2v) is 5.28. The summed E-state index contributed by atoms with van der Waals surface area (Å²) < 4.78 is 11.0. The molecule has 1 atom stereocenters. The Kier molecular flexibility index (Phi) is 3.27. The van der Waals surface area contributed by atoms with Crippen molar-refractivity contribution in [2.75, 3.05) is 19.8 Å². The SMILES string of the molecule is O=C1CCOCC1Cc1cc(Cl)cc2c1OCC2. The molecular weight excluding hydrogens is 252 g/mol. The van der Waals surface area contributed by atoms with Crippen LogP contribution in [0, 0.1) is 5.92 Å². The molecule has 3 nitrogen and oxygen atoms in total. The highest BCUT2D eigenvalue weighted by Gasteiger charge is 2.26. The molecule has 3 rings (SSSR count). The van der Waals surface area contributed by atoms with E-state index in [2.05, 4.69) is 0 Å². The van der Waals surface area contributed by atoms with Crippen LogP contribution in [-0.2, 0) is 22.4 Å². The zero-order valence-corrected chi connectivity index (χ0v) is 10.8. The molecule has 1 aromatic carbocycles. The molecule has 0 bridgehead atoms. The zero-order valence-electron chi connectivity index (χ0n) is 10.1. The van der Waals surface area contributed by atoms with Crippen molar-refractivity contribution in [1.82, 2.24) is 0 Å². The largest absolute Gasteiger partial charge is 0.493 e. The Labute approximate surface area is 111 Å². The summed E-state index contributed by atoms with van der Waals surface area (Å²) in [5, 5.41) is 0.721. The van der Waals surface area contributed by atoms with E-state index in [-0.39, 0.29) is 11.7 Å². The van der Waals surface area contributed by atoms with E-state index in [1.807, 2.05) is 12.1 Å². The fourth-order valence-electron chi connectivity index (χ4n) is 2.63. The molecule has 0 spiro atoms. The van der Waals surface area contributed by atoms with Gasteiger partial charge in [-0.1, -0.05) is 11.6 Å². The van der Waals surface area contributed by atoms with Crippen LogP contribution < -0.4 is 4.74 Å². The van der Waals surface area contributed by atoms with Gasteiger partial charge in [0.05, 0.1) is 19.8 Å². The van der Waals surface area contributed by atoms with Gasteiger partial charge < -0.3 is 9.47 Å². The smallest absolute Gasteiger partial charge is 0.140 e. The van der Waals surface area contributed by atoms with Crippen LogP contribution in [0.4, 0.5) is 0 Å². The first kappa shape index (κ1) is 12.0. The van der Waals surface area contributed by atoms with Crippen LogP contribution >= 0.6 is 11.6 Å². The lowest BCUT2D eigenvalue weighted by Crippen LogP contribution is -2.29. The second kappa shape index (κ2) is 4.90.